The Labute approximate surface area is 119 Å². The topological polar surface area (TPSA) is 61.0 Å². The highest BCUT2D eigenvalue weighted by molar-refractivity contribution is 5.33. The second-order valence-electron chi connectivity index (χ2n) is 6.43. The standard InChI is InChI=1S/C15H24N4O/c1-10(2)15-17-13(7-14(20)18-15)16-8-11-5-6-19(9-11)12-3-4-12/h7,10-12H,3-6,8-9H2,1-2H3,(H2,16,17,18,20). The molecule has 3 rings (SSSR count). The number of anilines is 1. The van der Waals surface area contributed by atoms with E-state index >= 15 is 0 Å². The Balaban J connectivity index is 1.56. The van der Waals surface area contributed by atoms with E-state index in [1.807, 2.05) is 13.8 Å². The van der Waals surface area contributed by atoms with Crippen molar-refractivity contribution in [1.82, 2.24) is 14.9 Å². The molecule has 1 saturated heterocycles. The van der Waals surface area contributed by atoms with Crippen LogP contribution in [0, 0.1) is 5.92 Å². The first-order valence-electron chi connectivity index (χ1n) is 7.71. The average Bonchev–Trinajstić information content (AvgIpc) is 3.15. The van der Waals surface area contributed by atoms with Crippen LogP contribution in [-0.4, -0.2) is 40.5 Å². The van der Waals surface area contributed by atoms with Gasteiger partial charge in [-0.05, 0) is 31.7 Å². The van der Waals surface area contributed by atoms with Gasteiger partial charge in [0.05, 0.1) is 0 Å². The lowest BCUT2D eigenvalue weighted by Crippen LogP contribution is -2.25. The molecule has 1 aliphatic carbocycles. The zero-order chi connectivity index (χ0) is 14.1. The molecule has 2 heterocycles. The number of nitrogens with one attached hydrogen (secondary N) is 2. The Morgan fingerprint density at radius 1 is 1.45 bits per heavy atom. The van der Waals surface area contributed by atoms with Crippen LogP contribution in [0.5, 0.6) is 0 Å². The Morgan fingerprint density at radius 3 is 2.95 bits per heavy atom. The van der Waals surface area contributed by atoms with E-state index in [0.717, 1.165) is 18.4 Å². The van der Waals surface area contributed by atoms with Gasteiger partial charge in [0.1, 0.15) is 11.6 Å². The van der Waals surface area contributed by atoms with Gasteiger partial charge in [-0.25, -0.2) is 4.98 Å². The summed E-state index contributed by atoms with van der Waals surface area (Å²) in [5.41, 5.74) is -0.0720. The van der Waals surface area contributed by atoms with Gasteiger partial charge >= 0.3 is 0 Å². The van der Waals surface area contributed by atoms with Gasteiger partial charge in [-0.2, -0.15) is 0 Å². The zero-order valence-corrected chi connectivity index (χ0v) is 12.4. The summed E-state index contributed by atoms with van der Waals surface area (Å²) in [4.78, 5) is 21.5. The van der Waals surface area contributed by atoms with Crippen molar-refractivity contribution in [1.29, 1.82) is 0 Å². The predicted molar refractivity (Wildman–Crippen MR) is 80.1 cm³/mol. The molecule has 110 valence electrons. The molecule has 0 spiro atoms. The Morgan fingerprint density at radius 2 is 2.25 bits per heavy atom. The monoisotopic (exact) mass is 276 g/mol. The SMILES string of the molecule is CC(C)c1nc(NCC2CCN(C3CC3)C2)cc(=O)[nH]1. The van der Waals surface area contributed by atoms with Crippen molar-refractivity contribution >= 4 is 5.82 Å². The van der Waals surface area contributed by atoms with Crippen LogP contribution in [0.1, 0.15) is 44.9 Å². The van der Waals surface area contributed by atoms with Crippen LogP contribution in [-0.2, 0) is 0 Å². The molecule has 5 nitrogen and oxygen atoms in total. The first-order valence-corrected chi connectivity index (χ1v) is 7.71. The number of nitrogens with zero attached hydrogens (tertiary/aromatic N) is 2. The molecule has 2 fully saturated rings. The normalized spacial score (nSPS) is 23.4. The number of rotatable bonds is 5. The molecule has 0 bridgehead atoms. The van der Waals surface area contributed by atoms with Crippen molar-refractivity contribution in [2.24, 2.45) is 5.92 Å². The van der Waals surface area contributed by atoms with E-state index in [1.54, 1.807) is 6.07 Å². The third-order valence-electron chi connectivity index (χ3n) is 4.26. The second-order valence-corrected chi connectivity index (χ2v) is 6.43. The van der Waals surface area contributed by atoms with Gasteiger partial charge in [-0.1, -0.05) is 13.8 Å². The Kier molecular flexibility index (Phi) is 3.78. The Hall–Kier alpha value is -1.36. The van der Waals surface area contributed by atoms with Crippen LogP contribution in [0.2, 0.25) is 0 Å². The maximum absolute atomic E-state index is 11.6. The van der Waals surface area contributed by atoms with Gasteiger partial charge in [-0.3, -0.25) is 4.79 Å². The van der Waals surface area contributed by atoms with Crippen molar-refractivity contribution in [2.45, 2.75) is 45.1 Å². The van der Waals surface area contributed by atoms with Gasteiger partial charge in [0, 0.05) is 31.1 Å². The summed E-state index contributed by atoms with van der Waals surface area (Å²) in [6, 6.07) is 2.42. The molecule has 2 aliphatic rings. The van der Waals surface area contributed by atoms with E-state index in [-0.39, 0.29) is 11.5 Å². The minimum atomic E-state index is -0.0720. The third kappa shape index (κ3) is 3.20. The third-order valence-corrected chi connectivity index (χ3v) is 4.26. The summed E-state index contributed by atoms with van der Waals surface area (Å²) >= 11 is 0. The van der Waals surface area contributed by atoms with Crippen LogP contribution >= 0.6 is 0 Å². The summed E-state index contributed by atoms with van der Waals surface area (Å²) in [5, 5.41) is 3.34. The number of hydrogen-bond acceptors (Lipinski definition) is 4. The predicted octanol–water partition coefficient (Wildman–Crippen LogP) is 1.79. The minimum Gasteiger partial charge on any atom is -0.370 e. The van der Waals surface area contributed by atoms with Gasteiger partial charge in [0.25, 0.3) is 5.56 Å². The van der Waals surface area contributed by atoms with Crippen molar-refractivity contribution in [2.75, 3.05) is 25.0 Å². The number of H-pyrrole nitrogens is 1. The van der Waals surface area contributed by atoms with E-state index in [4.69, 9.17) is 0 Å². The van der Waals surface area contributed by atoms with Crippen molar-refractivity contribution < 1.29 is 0 Å². The van der Waals surface area contributed by atoms with E-state index in [2.05, 4.69) is 20.2 Å². The molecule has 2 N–H and O–H groups in total. The van der Waals surface area contributed by atoms with Crippen LogP contribution < -0.4 is 10.9 Å². The van der Waals surface area contributed by atoms with E-state index in [0.29, 0.717) is 11.7 Å². The highest BCUT2D eigenvalue weighted by atomic mass is 16.1. The fourth-order valence-corrected chi connectivity index (χ4v) is 2.89. The lowest BCUT2D eigenvalue weighted by molar-refractivity contribution is 0.316. The summed E-state index contributed by atoms with van der Waals surface area (Å²) < 4.78 is 0. The quantitative estimate of drug-likeness (QED) is 0.861. The molecular formula is C15H24N4O. The first-order chi connectivity index (χ1) is 9.61. The molecular weight excluding hydrogens is 252 g/mol. The number of aromatic amines is 1. The molecule has 1 saturated carbocycles. The fraction of sp³-hybridized carbons (Fsp3) is 0.733. The second kappa shape index (κ2) is 5.56. The first kappa shape index (κ1) is 13.6. The van der Waals surface area contributed by atoms with Crippen LogP contribution in [0.25, 0.3) is 0 Å². The highest BCUT2D eigenvalue weighted by Crippen LogP contribution is 2.31. The lowest BCUT2D eigenvalue weighted by atomic mass is 10.1. The molecule has 1 aromatic heterocycles. The summed E-state index contributed by atoms with van der Waals surface area (Å²) in [7, 11) is 0. The maximum atomic E-state index is 11.6. The van der Waals surface area contributed by atoms with E-state index in [1.165, 1.54) is 32.4 Å². The van der Waals surface area contributed by atoms with Crippen molar-refractivity contribution in [3.63, 3.8) is 0 Å². The molecule has 1 atom stereocenters. The summed E-state index contributed by atoms with van der Waals surface area (Å²) in [6.45, 7) is 7.41. The van der Waals surface area contributed by atoms with Crippen LogP contribution in [0.3, 0.4) is 0 Å². The average molecular weight is 276 g/mol. The molecule has 0 aromatic carbocycles. The molecule has 1 aliphatic heterocycles. The largest absolute Gasteiger partial charge is 0.370 e. The van der Waals surface area contributed by atoms with Crippen LogP contribution in [0.15, 0.2) is 10.9 Å². The summed E-state index contributed by atoms with van der Waals surface area (Å²) in [6.07, 6.45) is 4.02. The molecule has 0 radical (unpaired) electrons. The van der Waals surface area contributed by atoms with E-state index in [9.17, 15) is 4.79 Å². The smallest absolute Gasteiger partial charge is 0.252 e. The Bertz CT molecular complexity index is 521. The summed E-state index contributed by atoms with van der Waals surface area (Å²) in [5.74, 6) is 2.38. The van der Waals surface area contributed by atoms with Crippen molar-refractivity contribution in [3.05, 3.63) is 22.2 Å². The molecule has 5 heteroatoms. The maximum Gasteiger partial charge on any atom is 0.252 e. The molecule has 0 amide bonds. The highest BCUT2D eigenvalue weighted by Gasteiger charge is 2.34. The van der Waals surface area contributed by atoms with Gasteiger partial charge < -0.3 is 15.2 Å². The van der Waals surface area contributed by atoms with Crippen molar-refractivity contribution in [3.8, 4) is 0 Å². The zero-order valence-electron chi connectivity index (χ0n) is 12.4. The number of aromatic nitrogens is 2. The van der Waals surface area contributed by atoms with Gasteiger partial charge in [0.2, 0.25) is 0 Å². The van der Waals surface area contributed by atoms with Crippen LogP contribution in [0.4, 0.5) is 5.82 Å². The molecule has 20 heavy (non-hydrogen) atoms. The molecule has 1 aromatic rings. The fourth-order valence-electron chi connectivity index (χ4n) is 2.89. The van der Waals surface area contributed by atoms with Gasteiger partial charge in [-0.15, -0.1) is 0 Å². The number of likely N-dealkylation sites (tertiary alicyclic amines) is 1. The van der Waals surface area contributed by atoms with E-state index < -0.39 is 0 Å². The lowest BCUT2D eigenvalue weighted by Gasteiger charge is -2.15. The molecule has 1 unspecified atom stereocenters. The minimum absolute atomic E-state index is 0.0720. The van der Waals surface area contributed by atoms with Gasteiger partial charge in [0.15, 0.2) is 0 Å². The number of hydrogen-bond donors (Lipinski definition) is 2.